The van der Waals surface area contributed by atoms with E-state index in [9.17, 15) is 4.79 Å². The molecule has 1 aliphatic rings. The summed E-state index contributed by atoms with van der Waals surface area (Å²) in [5.74, 6) is 0.515. The van der Waals surface area contributed by atoms with E-state index in [1.807, 2.05) is 25.1 Å². The summed E-state index contributed by atoms with van der Waals surface area (Å²) in [6, 6.07) is 5.67. The number of hydrogen-bond acceptors (Lipinski definition) is 3. The van der Waals surface area contributed by atoms with Gasteiger partial charge in [0.1, 0.15) is 0 Å². The molecule has 20 heavy (non-hydrogen) atoms. The summed E-state index contributed by atoms with van der Waals surface area (Å²) < 4.78 is 0. The third kappa shape index (κ3) is 3.72. The Morgan fingerprint density at radius 3 is 3.00 bits per heavy atom. The Balaban J connectivity index is 1.91. The fourth-order valence-electron chi connectivity index (χ4n) is 2.45. The minimum atomic E-state index is -0.0166. The molecule has 0 spiro atoms. The largest absolute Gasteiger partial charge is 0.326 e. The van der Waals surface area contributed by atoms with Crippen LogP contribution in [0.25, 0.3) is 0 Å². The lowest BCUT2D eigenvalue weighted by Crippen LogP contribution is -2.49. The number of likely N-dealkylation sites (tertiary alicyclic amines) is 1. The summed E-state index contributed by atoms with van der Waals surface area (Å²) in [4.78, 5) is 14.2. The predicted octanol–water partition coefficient (Wildman–Crippen LogP) is 2.26. The van der Waals surface area contributed by atoms with Crippen LogP contribution in [0.4, 0.5) is 5.69 Å². The van der Waals surface area contributed by atoms with Crippen LogP contribution in [0.1, 0.15) is 18.9 Å². The molecule has 0 aliphatic carbocycles. The highest BCUT2D eigenvalue weighted by Gasteiger charge is 2.24. The van der Waals surface area contributed by atoms with Crippen molar-refractivity contribution in [3.05, 3.63) is 28.8 Å². The minimum Gasteiger partial charge on any atom is -0.326 e. The average molecular weight is 296 g/mol. The highest BCUT2D eigenvalue weighted by Crippen LogP contribution is 2.23. The molecule has 1 aromatic carbocycles. The lowest BCUT2D eigenvalue weighted by molar-refractivity contribution is -0.117. The van der Waals surface area contributed by atoms with Gasteiger partial charge in [0.05, 0.1) is 6.54 Å². The molecule has 1 saturated heterocycles. The molecule has 1 heterocycles. The van der Waals surface area contributed by atoms with E-state index >= 15 is 0 Å². The summed E-state index contributed by atoms with van der Waals surface area (Å²) in [6.07, 6.45) is 1.05. The van der Waals surface area contributed by atoms with Crippen molar-refractivity contribution in [3.63, 3.8) is 0 Å². The molecule has 110 valence electrons. The summed E-state index contributed by atoms with van der Waals surface area (Å²) in [5.41, 5.74) is 7.72. The molecule has 0 bridgehead atoms. The monoisotopic (exact) mass is 295 g/mol. The van der Waals surface area contributed by atoms with Crippen LogP contribution in [0.5, 0.6) is 0 Å². The summed E-state index contributed by atoms with van der Waals surface area (Å²) in [7, 11) is 0. The quantitative estimate of drug-likeness (QED) is 0.899. The molecular formula is C15H22ClN3O. The molecule has 2 atom stereocenters. The highest BCUT2D eigenvalue weighted by atomic mass is 35.5. The zero-order valence-corrected chi connectivity index (χ0v) is 12.8. The predicted molar refractivity (Wildman–Crippen MR) is 83.0 cm³/mol. The van der Waals surface area contributed by atoms with Crippen LogP contribution >= 0.6 is 11.6 Å². The van der Waals surface area contributed by atoms with E-state index < -0.39 is 0 Å². The Labute approximate surface area is 125 Å². The number of rotatable bonds is 3. The maximum atomic E-state index is 12.1. The SMILES string of the molecule is Cc1c(Cl)cccc1NC(=O)CN1CCC(C)C(N)C1. The van der Waals surface area contributed by atoms with E-state index in [1.165, 1.54) is 0 Å². The Morgan fingerprint density at radius 2 is 2.30 bits per heavy atom. The average Bonchev–Trinajstić information content (AvgIpc) is 2.39. The van der Waals surface area contributed by atoms with E-state index in [1.54, 1.807) is 0 Å². The number of hydrogen-bond donors (Lipinski definition) is 2. The first-order valence-electron chi connectivity index (χ1n) is 7.00. The van der Waals surface area contributed by atoms with Crippen molar-refractivity contribution in [2.75, 3.05) is 25.0 Å². The van der Waals surface area contributed by atoms with E-state index in [-0.39, 0.29) is 11.9 Å². The van der Waals surface area contributed by atoms with Gasteiger partial charge in [0, 0.05) is 23.3 Å². The van der Waals surface area contributed by atoms with Gasteiger partial charge >= 0.3 is 0 Å². The first-order valence-corrected chi connectivity index (χ1v) is 7.38. The van der Waals surface area contributed by atoms with Gasteiger partial charge in [0.25, 0.3) is 0 Å². The van der Waals surface area contributed by atoms with Crippen LogP contribution in [-0.4, -0.2) is 36.5 Å². The smallest absolute Gasteiger partial charge is 0.238 e. The molecular weight excluding hydrogens is 274 g/mol. The normalized spacial score (nSPS) is 23.6. The Kier molecular flexibility index (Phi) is 5.02. The number of nitrogens with one attached hydrogen (secondary N) is 1. The maximum absolute atomic E-state index is 12.1. The van der Waals surface area contributed by atoms with Crippen molar-refractivity contribution in [1.29, 1.82) is 0 Å². The Hall–Kier alpha value is -1.10. The zero-order chi connectivity index (χ0) is 14.7. The highest BCUT2D eigenvalue weighted by molar-refractivity contribution is 6.31. The van der Waals surface area contributed by atoms with Crippen LogP contribution in [0, 0.1) is 12.8 Å². The maximum Gasteiger partial charge on any atom is 0.238 e. The van der Waals surface area contributed by atoms with Crippen molar-refractivity contribution < 1.29 is 4.79 Å². The molecule has 1 aliphatic heterocycles. The van der Waals surface area contributed by atoms with Gasteiger partial charge in [-0.25, -0.2) is 0 Å². The second-order valence-corrected chi connectivity index (χ2v) is 6.03. The third-order valence-corrected chi connectivity index (χ3v) is 4.42. The standard InChI is InChI=1S/C15H22ClN3O/c1-10-6-7-19(8-13(10)17)9-15(20)18-14-5-3-4-12(16)11(14)2/h3-5,10,13H,6-9,17H2,1-2H3,(H,18,20). The summed E-state index contributed by atoms with van der Waals surface area (Å²) in [5, 5.41) is 3.58. The van der Waals surface area contributed by atoms with Gasteiger partial charge in [0.15, 0.2) is 0 Å². The number of amides is 1. The number of carbonyl (C=O) groups is 1. The van der Waals surface area contributed by atoms with Gasteiger partial charge in [0.2, 0.25) is 5.91 Å². The summed E-state index contributed by atoms with van der Waals surface area (Å²) >= 11 is 6.05. The van der Waals surface area contributed by atoms with E-state index in [4.69, 9.17) is 17.3 Å². The molecule has 0 aromatic heterocycles. The number of halogens is 1. The van der Waals surface area contributed by atoms with Crippen LogP contribution < -0.4 is 11.1 Å². The van der Waals surface area contributed by atoms with E-state index in [0.717, 1.165) is 30.8 Å². The summed E-state index contributed by atoms with van der Waals surface area (Å²) in [6.45, 7) is 6.15. The lowest BCUT2D eigenvalue weighted by atomic mass is 9.94. The van der Waals surface area contributed by atoms with Crippen molar-refractivity contribution in [2.24, 2.45) is 11.7 Å². The molecule has 0 radical (unpaired) electrons. The molecule has 1 amide bonds. The number of nitrogens with two attached hydrogens (primary N) is 1. The van der Waals surface area contributed by atoms with Crippen LogP contribution in [0.2, 0.25) is 5.02 Å². The van der Waals surface area contributed by atoms with Crippen molar-refractivity contribution in [1.82, 2.24) is 4.90 Å². The Morgan fingerprint density at radius 1 is 1.55 bits per heavy atom. The van der Waals surface area contributed by atoms with Crippen molar-refractivity contribution in [3.8, 4) is 0 Å². The fraction of sp³-hybridized carbons (Fsp3) is 0.533. The van der Waals surface area contributed by atoms with E-state index in [0.29, 0.717) is 17.5 Å². The second kappa shape index (κ2) is 6.57. The molecule has 3 N–H and O–H groups in total. The van der Waals surface area contributed by atoms with Crippen molar-refractivity contribution >= 4 is 23.2 Å². The van der Waals surface area contributed by atoms with Gasteiger partial charge in [-0.15, -0.1) is 0 Å². The second-order valence-electron chi connectivity index (χ2n) is 5.63. The van der Waals surface area contributed by atoms with E-state index in [2.05, 4.69) is 17.1 Å². The minimum absolute atomic E-state index is 0.0166. The van der Waals surface area contributed by atoms with Gasteiger partial charge in [-0.1, -0.05) is 24.6 Å². The van der Waals surface area contributed by atoms with Crippen LogP contribution in [0.3, 0.4) is 0 Å². The third-order valence-electron chi connectivity index (χ3n) is 4.01. The van der Waals surface area contributed by atoms with Gasteiger partial charge in [-0.2, -0.15) is 0 Å². The number of benzene rings is 1. The molecule has 5 heteroatoms. The van der Waals surface area contributed by atoms with Crippen LogP contribution in [-0.2, 0) is 4.79 Å². The molecule has 1 aromatic rings. The fourth-order valence-corrected chi connectivity index (χ4v) is 2.62. The number of piperidine rings is 1. The Bertz CT molecular complexity index is 492. The molecule has 4 nitrogen and oxygen atoms in total. The number of carbonyl (C=O) groups excluding carboxylic acids is 1. The molecule has 2 rings (SSSR count). The zero-order valence-electron chi connectivity index (χ0n) is 12.0. The number of nitrogens with zero attached hydrogens (tertiary/aromatic N) is 1. The first kappa shape index (κ1) is 15.3. The molecule has 1 fully saturated rings. The van der Waals surface area contributed by atoms with Gasteiger partial charge in [-0.05, 0) is 43.5 Å². The topological polar surface area (TPSA) is 58.4 Å². The molecule has 0 saturated carbocycles. The van der Waals surface area contributed by atoms with Gasteiger partial charge < -0.3 is 11.1 Å². The number of anilines is 1. The molecule has 2 unspecified atom stereocenters. The van der Waals surface area contributed by atoms with Crippen LogP contribution in [0.15, 0.2) is 18.2 Å². The van der Waals surface area contributed by atoms with Gasteiger partial charge in [-0.3, -0.25) is 9.69 Å². The lowest BCUT2D eigenvalue weighted by Gasteiger charge is -2.34. The van der Waals surface area contributed by atoms with Crippen molar-refractivity contribution in [2.45, 2.75) is 26.3 Å². The first-order chi connectivity index (χ1) is 9.47.